The number of halogens is 4. The quantitative estimate of drug-likeness (QED) is 0.343. The lowest BCUT2D eigenvalue weighted by atomic mass is 9.95. The van der Waals surface area contributed by atoms with Crippen LogP contribution in [0.5, 0.6) is 0 Å². The lowest BCUT2D eigenvalue weighted by molar-refractivity contribution is -0.191. The van der Waals surface area contributed by atoms with E-state index < -0.39 is 41.8 Å². The molecule has 0 radical (unpaired) electrons. The third kappa shape index (κ3) is 7.47. The zero-order valence-electron chi connectivity index (χ0n) is 24.8. The number of rotatable bonds is 7. The second-order valence-electron chi connectivity index (χ2n) is 11.4. The van der Waals surface area contributed by atoms with Crippen LogP contribution in [0.2, 0.25) is 5.28 Å². The third-order valence-electron chi connectivity index (χ3n) is 7.09. The molecule has 1 saturated heterocycles. The van der Waals surface area contributed by atoms with Crippen molar-refractivity contribution in [3.05, 3.63) is 47.0 Å². The Labute approximate surface area is 252 Å². The number of alkyl halides is 3. The number of amides is 2. The van der Waals surface area contributed by atoms with E-state index >= 15 is 0 Å². The molecule has 0 aliphatic carbocycles. The Hall–Kier alpha value is -3.65. The summed E-state index contributed by atoms with van der Waals surface area (Å²) in [4.78, 5) is 36.3. The standard InChI is InChI=1S/C28H35ClF3N7O4/c1-16(42-6)21-20(14-33-25-35-24(29)36-39(21)25)34-19-11-9-17(10-12-19)22(28(30,31)32)37(5)23(40)18-8-7-13-38(15-18)26(41)43-27(2,3)4/h9-12,14,16,18,22,34H,7-8,13,15H2,1-6H3/t16-,18?,22-/m0/s1. The molecule has 4 rings (SSSR count). The van der Waals surface area contributed by atoms with Crippen molar-refractivity contribution in [3.63, 3.8) is 0 Å². The highest BCUT2D eigenvalue weighted by molar-refractivity contribution is 6.28. The average molecular weight is 626 g/mol. The van der Waals surface area contributed by atoms with Gasteiger partial charge in [0.2, 0.25) is 11.2 Å². The van der Waals surface area contributed by atoms with Crippen LogP contribution in [-0.2, 0) is 14.3 Å². The minimum Gasteiger partial charge on any atom is -0.444 e. The van der Waals surface area contributed by atoms with E-state index in [0.29, 0.717) is 36.5 Å². The number of nitrogens with one attached hydrogen (secondary N) is 1. The minimum absolute atomic E-state index is 0.00110. The van der Waals surface area contributed by atoms with E-state index in [1.165, 1.54) is 47.0 Å². The summed E-state index contributed by atoms with van der Waals surface area (Å²) in [6.45, 7) is 7.32. The first-order chi connectivity index (χ1) is 20.1. The molecule has 1 aliphatic rings. The molecule has 0 spiro atoms. The first-order valence-corrected chi connectivity index (χ1v) is 14.1. The van der Waals surface area contributed by atoms with Crippen molar-refractivity contribution in [2.24, 2.45) is 5.92 Å². The second kappa shape index (κ2) is 12.5. The van der Waals surface area contributed by atoms with Crippen LogP contribution in [0.25, 0.3) is 5.78 Å². The molecule has 1 aromatic carbocycles. The number of aromatic nitrogens is 4. The fourth-order valence-electron chi connectivity index (χ4n) is 5.05. The third-order valence-corrected chi connectivity index (χ3v) is 7.25. The van der Waals surface area contributed by atoms with Gasteiger partial charge in [0, 0.05) is 32.9 Å². The van der Waals surface area contributed by atoms with E-state index in [0.717, 1.165) is 11.9 Å². The van der Waals surface area contributed by atoms with E-state index in [9.17, 15) is 22.8 Å². The Morgan fingerprint density at radius 2 is 1.86 bits per heavy atom. The van der Waals surface area contributed by atoms with Gasteiger partial charge >= 0.3 is 12.3 Å². The van der Waals surface area contributed by atoms with Gasteiger partial charge in [-0.2, -0.15) is 22.7 Å². The normalized spacial score (nSPS) is 17.4. The number of fused-ring (bicyclic) bond motifs is 1. The first-order valence-electron chi connectivity index (χ1n) is 13.7. The molecule has 11 nitrogen and oxygen atoms in total. The Kier molecular flexibility index (Phi) is 9.40. The first kappa shape index (κ1) is 32.3. The van der Waals surface area contributed by atoms with Gasteiger partial charge in [0.25, 0.3) is 5.78 Å². The summed E-state index contributed by atoms with van der Waals surface area (Å²) in [6.07, 6.45) is -3.44. The van der Waals surface area contributed by atoms with E-state index in [1.54, 1.807) is 27.7 Å². The second-order valence-corrected chi connectivity index (χ2v) is 11.8. The number of hydrogen-bond donors (Lipinski definition) is 1. The molecule has 3 aromatic rings. The predicted molar refractivity (Wildman–Crippen MR) is 153 cm³/mol. The van der Waals surface area contributed by atoms with Crippen LogP contribution < -0.4 is 5.32 Å². The highest BCUT2D eigenvalue weighted by Gasteiger charge is 2.46. The van der Waals surface area contributed by atoms with Crippen molar-refractivity contribution in [3.8, 4) is 0 Å². The van der Waals surface area contributed by atoms with Crippen molar-refractivity contribution in [1.29, 1.82) is 0 Å². The van der Waals surface area contributed by atoms with Crippen LogP contribution in [-0.4, -0.2) is 80.4 Å². The fraction of sp³-hybridized carbons (Fsp3) is 0.536. The molecule has 15 heteroatoms. The van der Waals surface area contributed by atoms with Gasteiger partial charge in [-0.1, -0.05) is 12.1 Å². The maximum Gasteiger partial charge on any atom is 0.413 e. The number of ether oxygens (including phenoxy) is 2. The monoisotopic (exact) mass is 625 g/mol. The number of nitrogens with zero attached hydrogens (tertiary/aromatic N) is 6. The molecule has 1 fully saturated rings. The van der Waals surface area contributed by atoms with Crippen LogP contribution >= 0.6 is 11.6 Å². The maximum atomic E-state index is 14.4. The highest BCUT2D eigenvalue weighted by Crippen LogP contribution is 2.39. The summed E-state index contributed by atoms with van der Waals surface area (Å²) in [5.41, 5.74) is 0.668. The molecular weight excluding hydrogens is 591 g/mol. The summed E-state index contributed by atoms with van der Waals surface area (Å²) in [7, 11) is 2.66. The van der Waals surface area contributed by atoms with Crippen molar-refractivity contribution < 1.29 is 32.2 Å². The molecule has 1 aliphatic heterocycles. The molecule has 1 unspecified atom stereocenters. The number of hydrogen-bond acceptors (Lipinski definition) is 8. The summed E-state index contributed by atoms with van der Waals surface area (Å²) in [5, 5.41) is 7.30. The van der Waals surface area contributed by atoms with Gasteiger partial charge in [0.05, 0.1) is 29.6 Å². The number of benzene rings is 1. The Morgan fingerprint density at radius 1 is 1.19 bits per heavy atom. The topological polar surface area (TPSA) is 114 Å². The largest absolute Gasteiger partial charge is 0.444 e. The van der Waals surface area contributed by atoms with E-state index in [-0.39, 0.29) is 23.2 Å². The number of carbonyl (C=O) groups excluding carboxylic acids is 2. The van der Waals surface area contributed by atoms with Crippen LogP contribution in [0.15, 0.2) is 30.5 Å². The van der Waals surface area contributed by atoms with Gasteiger partial charge in [-0.25, -0.2) is 9.78 Å². The van der Waals surface area contributed by atoms with Gasteiger partial charge in [-0.05, 0) is 69.8 Å². The molecule has 1 N–H and O–H groups in total. The van der Waals surface area contributed by atoms with Crippen molar-refractivity contribution in [2.45, 2.75) is 64.5 Å². The highest BCUT2D eigenvalue weighted by atomic mass is 35.5. The molecular formula is C28H35ClF3N7O4. The molecule has 0 bridgehead atoms. The zero-order chi connectivity index (χ0) is 31.7. The van der Waals surface area contributed by atoms with Crippen LogP contribution in [0.1, 0.15) is 63.9 Å². The number of likely N-dealkylation sites (tertiary alicyclic amines) is 1. The van der Waals surface area contributed by atoms with Crippen molar-refractivity contribution >= 4 is 40.8 Å². The Morgan fingerprint density at radius 3 is 2.47 bits per heavy atom. The maximum absolute atomic E-state index is 14.4. The number of piperidine rings is 1. The SMILES string of the molecule is CO[C@@H](C)c1c(Nc2ccc([C@H](N(C)C(=O)C3CCCN(C(=O)OC(C)(C)C)C3)C(F)(F)F)cc2)cnc2nc(Cl)nn12. The number of anilines is 2. The van der Waals surface area contributed by atoms with E-state index in [1.807, 2.05) is 0 Å². The zero-order valence-corrected chi connectivity index (χ0v) is 25.5. The summed E-state index contributed by atoms with van der Waals surface area (Å²) >= 11 is 5.95. The number of carbonyl (C=O) groups is 2. The molecule has 2 aromatic heterocycles. The van der Waals surface area contributed by atoms with E-state index in [4.69, 9.17) is 21.1 Å². The van der Waals surface area contributed by atoms with Crippen LogP contribution in [0.3, 0.4) is 0 Å². The van der Waals surface area contributed by atoms with E-state index in [2.05, 4.69) is 20.4 Å². The average Bonchev–Trinajstić information content (AvgIpc) is 3.31. The van der Waals surface area contributed by atoms with Gasteiger partial charge in [0.1, 0.15) is 5.60 Å². The molecule has 234 valence electrons. The predicted octanol–water partition coefficient (Wildman–Crippen LogP) is 5.94. The van der Waals surface area contributed by atoms with Crippen molar-refractivity contribution in [2.75, 3.05) is 32.6 Å². The lowest BCUT2D eigenvalue weighted by Gasteiger charge is -2.37. The van der Waals surface area contributed by atoms with Crippen LogP contribution in [0.4, 0.5) is 29.3 Å². The summed E-state index contributed by atoms with van der Waals surface area (Å²) in [6, 6.07) is 3.41. The molecule has 43 heavy (non-hydrogen) atoms. The van der Waals surface area contributed by atoms with Gasteiger partial charge in [-0.15, -0.1) is 5.10 Å². The molecule has 2 amide bonds. The summed E-state index contributed by atoms with van der Waals surface area (Å²) in [5.74, 6) is -1.22. The Bertz CT molecular complexity index is 1460. The fourth-order valence-corrected chi connectivity index (χ4v) is 5.20. The van der Waals surface area contributed by atoms with Gasteiger partial charge in [-0.3, -0.25) is 4.79 Å². The van der Waals surface area contributed by atoms with Crippen molar-refractivity contribution in [1.82, 2.24) is 29.4 Å². The minimum atomic E-state index is -4.75. The van der Waals surface area contributed by atoms with Gasteiger partial charge < -0.3 is 24.6 Å². The smallest absolute Gasteiger partial charge is 0.413 e. The molecule has 3 heterocycles. The van der Waals surface area contributed by atoms with Crippen LogP contribution in [0, 0.1) is 5.92 Å². The molecule has 0 saturated carbocycles. The molecule has 3 atom stereocenters. The summed E-state index contributed by atoms with van der Waals surface area (Å²) < 4.78 is 55.5. The van der Waals surface area contributed by atoms with Gasteiger partial charge in [0.15, 0.2) is 6.04 Å². The lowest BCUT2D eigenvalue weighted by Crippen LogP contribution is -2.49. The Balaban J connectivity index is 1.54. The number of methoxy groups -OCH3 is 1.